The quantitative estimate of drug-likeness (QED) is 0.0732. The van der Waals surface area contributed by atoms with E-state index >= 15 is 0 Å². The van der Waals surface area contributed by atoms with E-state index in [1.807, 2.05) is 42.1 Å². The van der Waals surface area contributed by atoms with Crippen LogP contribution in [-0.4, -0.2) is 18.4 Å². The lowest BCUT2D eigenvalue weighted by molar-refractivity contribution is -0.598. The summed E-state index contributed by atoms with van der Waals surface area (Å²) in [5.41, 5.74) is 4.37. The van der Waals surface area contributed by atoms with Crippen LogP contribution in [0.5, 0.6) is 0 Å². The first-order chi connectivity index (χ1) is 18.9. The zero-order valence-electron chi connectivity index (χ0n) is 22.0. The molecular weight excluding hydrogens is 673 g/mol. The van der Waals surface area contributed by atoms with Gasteiger partial charge in [-0.15, -0.1) is 23.1 Å². The van der Waals surface area contributed by atoms with Crippen molar-refractivity contribution in [1.29, 1.82) is 0 Å². The number of thioether (sulfide) groups is 1. The smallest absolute Gasteiger partial charge is 0.310 e. The Labute approximate surface area is 264 Å². The summed E-state index contributed by atoms with van der Waals surface area (Å²) in [5.74, 6) is 0.219. The van der Waals surface area contributed by atoms with Crippen LogP contribution in [0.15, 0.2) is 95.5 Å². The number of aryl methyl sites for hydroxylation is 1. The monoisotopic (exact) mass is 699 g/mol. The van der Waals surface area contributed by atoms with Gasteiger partial charge in [0.15, 0.2) is 12.4 Å². The number of nitrogens with zero attached hydrogens (tertiary/aromatic N) is 1. The highest BCUT2D eigenvalue weighted by Gasteiger charge is 2.31. The summed E-state index contributed by atoms with van der Waals surface area (Å²) < 4.78 is 8.29. The van der Waals surface area contributed by atoms with Crippen LogP contribution in [0.1, 0.15) is 38.8 Å². The topological polar surface area (TPSA) is 47.3 Å². The van der Waals surface area contributed by atoms with Crippen molar-refractivity contribution in [1.82, 2.24) is 0 Å². The molecule has 3 aromatic carbocycles. The van der Waals surface area contributed by atoms with Crippen molar-refractivity contribution in [2.75, 3.05) is 6.61 Å². The molecule has 0 unspecified atom stereocenters. The Morgan fingerprint density at radius 1 is 0.950 bits per heavy atom. The number of ketones is 1. The van der Waals surface area contributed by atoms with Crippen molar-refractivity contribution >= 4 is 57.2 Å². The highest BCUT2D eigenvalue weighted by Crippen LogP contribution is 2.40. The molecule has 204 valence electrons. The number of esters is 1. The van der Waals surface area contributed by atoms with Crippen molar-refractivity contribution in [3.05, 3.63) is 123 Å². The normalized spacial score (nSPS) is 10.8. The minimum absolute atomic E-state index is 0. The van der Waals surface area contributed by atoms with E-state index in [1.165, 1.54) is 27.7 Å². The average molecular weight is 700 g/mol. The first-order valence-corrected chi connectivity index (χ1v) is 14.8. The molecule has 40 heavy (non-hydrogen) atoms. The van der Waals surface area contributed by atoms with Crippen LogP contribution in [0.25, 0.3) is 16.5 Å². The van der Waals surface area contributed by atoms with E-state index in [4.69, 9.17) is 16.3 Å². The highest BCUT2D eigenvalue weighted by atomic mass is 127. The Balaban J connectivity index is 0.00000370. The van der Waals surface area contributed by atoms with E-state index in [0.717, 1.165) is 15.5 Å². The van der Waals surface area contributed by atoms with Gasteiger partial charge in [0.2, 0.25) is 11.5 Å². The second kappa shape index (κ2) is 13.8. The van der Waals surface area contributed by atoms with Crippen LogP contribution >= 0.6 is 34.7 Å². The largest absolute Gasteiger partial charge is 1.00 e. The predicted octanol–water partition coefficient (Wildman–Crippen LogP) is 4.77. The van der Waals surface area contributed by atoms with Gasteiger partial charge in [0, 0.05) is 28.5 Å². The summed E-state index contributed by atoms with van der Waals surface area (Å²) in [4.78, 5) is 27.1. The summed E-state index contributed by atoms with van der Waals surface area (Å²) in [6, 6.07) is 25.6. The number of halogens is 2. The fraction of sp³-hybridized carbons (Fsp3) is 0.156. The molecule has 4 nitrogen and oxygen atoms in total. The third kappa shape index (κ3) is 6.77. The van der Waals surface area contributed by atoms with Gasteiger partial charge in [-0.2, -0.15) is 4.57 Å². The van der Waals surface area contributed by atoms with Gasteiger partial charge in [0.25, 0.3) is 0 Å². The summed E-state index contributed by atoms with van der Waals surface area (Å²) in [5, 5.41) is 2.96. The molecule has 8 heteroatoms. The molecule has 0 saturated carbocycles. The molecule has 0 saturated heterocycles. The molecule has 5 rings (SSSR count). The van der Waals surface area contributed by atoms with E-state index < -0.39 is 0 Å². The van der Waals surface area contributed by atoms with E-state index in [9.17, 15) is 9.59 Å². The first-order valence-electron chi connectivity index (χ1n) is 12.6. The molecule has 0 bridgehead atoms. The predicted molar refractivity (Wildman–Crippen MR) is 159 cm³/mol. The maximum atomic E-state index is 13.8. The van der Waals surface area contributed by atoms with Gasteiger partial charge in [-0.05, 0) is 60.0 Å². The van der Waals surface area contributed by atoms with Crippen LogP contribution < -0.4 is 28.5 Å². The summed E-state index contributed by atoms with van der Waals surface area (Å²) in [6.07, 6.45) is 3.96. The fourth-order valence-electron chi connectivity index (χ4n) is 4.44. The van der Waals surface area contributed by atoms with E-state index in [0.29, 0.717) is 26.8 Å². The summed E-state index contributed by atoms with van der Waals surface area (Å²) >= 11 is 9.19. The maximum Gasteiger partial charge on any atom is 0.310 e. The van der Waals surface area contributed by atoms with E-state index in [1.54, 1.807) is 43.0 Å². The maximum absolute atomic E-state index is 13.8. The van der Waals surface area contributed by atoms with Crippen molar-refractivity contribution in [2.45, 2.75) is 30.2 Å². The Morgan fingerprint density at radius 2 is 1.65 bits per heavy atom. The van der Waals surface area contributed by atoms with Crippen LogP contribution in [0, 0.1) is 6.92 Å². The highest BCUT2D eigenvalue weighted by molar-refractivity contribution is 8.00. The van der Waals surface area contributed by atoms with Crippen molar-refractivity contribution in [3.63, 3.8) is 0 Å². The Bertz CT molecular complexity index is 1640. The molecule has 0 spiro atoms. The lowest BCUT2D eigenvalue weighted by atomic mass is 10.0. The number of carbonyl (C=O) groups excluding carboxylic acids is 2. The molecule has 2 aromatic heterocycles. The molecule has 0 radical (unpaired) electrons. The third-order valence-corrected chi connectivity index (χ3v) is 9.16. The Kier molecular flexibility index (Phi) is 10.4. The number of carbonyl (C=O) groups is 2. The number of aromatic nitrogens is 1. The minimum atomic E-state index is -0.361. The number of rotatable bonds is 9. The number of fused-ring (bicyclic) bond motifs is 1. The Morgan fingerprint density at radius 3 is 2.38 bits per heavy atom. The van der Waals surface area contributed by atoms with Gasteiger partial charge in [-0.3, -0.25) is 9.59 Å². The zero-order chi connectivity index (χ0) is 27.4. The van der Waals surface area contributed by atoms with E-state index in [-0.39, 0.29) is 48.8 Å². The SMILES string of the molecule is CCOC(=O)Cc1c(C(=O)c2ccc(Cl)cc2)sc(SCc2cccc3ccccc23)c1-[n+]1ccc(C)cc1.[I-]. The van der Waals surface area contributed by atoms with Crippen LogP contribution in [-0.2, 0) is 21.7 Å². The minimum Gasteiger partial charge on any atom is -1.00 e. The number of benzene rings is 3. The van der Waals surface area contributed by atoms with Gasteiger partial charge in [-0.1, -0.05) is 54.1 Å². The molecule has 0 aliphatic rings. The van der Waals surface area contributed by atoms with Gasteiger partial charge >= 0.3 is 5.97 Å². The van der Waals surface area contributed by atoms with Gasteiger partial charge in [-0.25, -0.2) is 0 Å². The number of ether oxygens (including phenoxy) is 1. The molecule has 5 aromatic rings. The summed E-state index contributed by atoms with van der Waals surface area (Å²) in [6.45, 7) is 4.09. The Hall–Kier alpha value is -2.72. The average Bonchev–Trinajstić information content (AvgIpc) is 3.30. The first kappa shape index (κ1) is 30.2. The summed E-state index contributed by atoms with van der Waals surface area (Å²) in [7, 11) is 0. The number of hydrogen-bond acceptors (Lipinski definition) is 5. The lowest BCUT2D eigenvalue weighted by Crippen LogP contribution is -3.00. The second-order valence-corrected chi connectivity index (χ2v) is 11.8. The number of hydrogen-bond donors (Lipinski definition) is 0. The molecule has 0 fully saturated rings. The van der Waals surface area contributed by atoms with Crippen LogP contribution in [0.4, 0.5) is 0 Å². The van der Waals surface area contributed by atoms with Gasteiger partial charge in [0.1, 0.15) is 4.21 Å². The van der Waals surface area contributed by atoms with Crippen LogP contribution in [0.2, 0.25) is 5.02 Å². The molecule has 0 aliphatic heterocycles. The number of thiophene rings is 1. The van der Waals surface area contributed by atoms with E-state index in [2.05, 4.69) is 36.4 Å². The van der Waals surface area contributed by atoms with Gasteiger partial charge < -0.3 is 28.7 Å². The molecule has 0 aliphatic carbocycles. The number of pyridine rings is 1. The van der Waals surface area contributed by atoms with Crippen molar-refractivity contribution in [3.8, 4) is 5.69 Å². The standard InChI is InChI=1S/C32H27ClNO3S2.HI/c1-3-37-28(35)19-27-29(34-17-15-21(2)16-18-34)32(39-31(27)30(36)23-11-13-25(33)14-12-23)38-20-24-9-6-8-22-7-4-5-10-26(22)24;/h4-18H,3,19-20H2,1-2H3;1H/q+1;/p-1. The van der Waals surface area contributed by atoms with Crippen molar-refractivity contribution in [2.24, 2.45) is 0 Å². The molecule has 0 atom stereocenters. The van der Waals surface area contributed by atoms with Crippen LogP contribution in [0.3, 0.4) is 0 Å². The molecule has 0 N–H and O–H groups in total. The second-order valence-electron chi connectivity index (χ2n) is 9.07. The zero-order valence-corrected chi connectivity index (χ0v) is 26.6. The fourth-order valence-corrected chi connectivity index (χ4v) is 7.15. The molecule has 0 amide bonds. The van der Waals surface area contributed by atoms with Crippen molar-refractivity contribution < 1.29 is 42.9 Å². The lowest BCUT2D eigenvalue weighted by Gasteiger charge is -2.07. The molecule has 2 heterocycles. The third-order valence-electron chi connectivity index (χ3n) is 6.38. The van der Waals surface area contributed by atoms with Gasteiger partial charge in [0.05, 0.1) is 23.5 Å². The molecular formula is C32H27ClINO3S2.